The van der Waals surface area contributed by atoms with Crippen molar-refractivity contribution in [3.8, 4) is 0 Å². The third-order valence-corrected chi connectivity index (χ3v) is 7.69. The summed E-state index contributed by atoms with van der Waals surface area (Å²) in [6, 6.07) is 28.8. The minimum absolute atomic E-state index is 0.0388. The zero-order valence-electron chi connectivity index (χ0n) is 26.1. The maximum Gasteiger partial charge on any atom is 0.309 e. The molecule has 0 aromatic heterocycles. The molecule has 2 N–H and O–H groups in total. The first kappa shape index (κ1) is 35.0. The number of carbonyl (C=O) groups is 3. The minimum Gasteiger partial charge on any atom is -0.455 e. The molecule has 0 fully saturated rings. The molecule has 0 saturated carbocycles. The maximum absolute atomic E-state index is 13.6. The van der Waals surface area contributed by atoms with Gasteiger partial charge in [-0.05, 0) is 48.8 Å². The van der Waals surface area contributed by atoms with Gasteiger partial charge in [0.05, 0.1) is 25.0 Å². The fraction of sp³-hybridized carbons (Fsp3) is 0.342. The van der Waals surface area contributed by atoms with E-state index in [2.05, 4.69) is 18.5 Å². The Labute approximate surface area is 267 Å². The van der Waals surface area contributed by atoms with Gasteiger partial charge in [0, 0.05) is 19.5 Å². The Hall–Kier alpha value is -4.49. The number of aliphatic hydroxyl groups is 1. The number of allylic oxidation sites excluding steroid dienone is 2. The number of esters is 1. The predicted molar refractivity (Wildman–Crippen MR) is 178 cm³/mol. The molecule has 0 bridgehead atoms. The first-order valence-corrected chi connectivity index (χ1v) is 15.7. The van der Waals surface area contributed by atoms with Crippen molar-refractivity contribution in [1.82, 2.24) is 10.2 Å². The SMILES string of the molecule is C=CCCC[C@H](Cc1ccccc1)C(=O)O[C@@H](CNC(=O)[C@@H](CC=C)CC(=O)N(CCO)Cc1ccccc1)c1ccccc1. The van der Waals surface area contributed by atoms with Crippen molar-refractivity contribution < 1.29 is 24.2 Å². The molecular weight excluding hydrogens is 564 g/mol. The summed E-state index contributed by atoms with van der Waals surface area (Å²) in [6.45, 7) is 7.97. The second kappa shape index (κ2) is 19.7. The van der Waals surface area contributed by atoms with Crippen molar-refractivity contribution in [2.75, 3.05) is 19.7 Å². The molecule has 7 heteroatoms. The number of hydrogen-bond acceptors (Lipinski definition) is 5. The molecule has 238 valence electrons. The molecule has 3 atom stereocenters. The molecule has 0 aliphatic heterocycles. The van der Waals surface area contributed by atoms with E-state index in [0.717, 1.165) is 29.5 Å². The van der Waals surface area contributed by atoms with Crippen LogP contribution in [0.25, 0.3) is 0 Å². The van der Waals surface area contributed by atoms with E-state index in [1.165, 1.54) is 0 Å². The third kappa shape index (κ3) is 12.2. The number of aliphatic hydroxyl groups excluding tert-OH is 1. The average Bonchev–Trinajstić information content (AvgIpc) is 3.07. The van der Waals surface area contributed by atoms with Gasteiger partial charge >= 0.3 is 5.97 Å². The number of rotatable bonds is 20. The normalized spacial score (nSPS) is 12.7. The Bertz CT molecular complexity index is 1330. The van der Waals surface area contributed by atoms with E-state index >= 15 is 0 Å². The van der Waals surface area contributed by atoms with Crippen LogP contribution in [0.2, 0.25) is 0 Å². The molecule has 2 amide bonds. The number of nitrogens with zero attached hydrogens (tertiary/aromatic N) is 1. The molecule has 0 aliphatic rings. The summed E-state index contributed by atoms with van der Waals surface area (Å²) in [4.78, 5) is 41.9. The molecule has 3 aromatic rings. The summed E-state index contributed by atoms with van der Waals surface area (Å²) in [7, 11) is 0. The molecule has 7 nitrogen and oxygen atoms in total. The smallest absolute Gasteiger partial charge is 0.309 e. The number of benzene rings is 3. The lowest BCUT2D eigenvalue weighted by Gasteiger charge is -2.26. The molecule has 3 aromatic carbocycles. The Morgan fingerprint density at radius 1 is 0.844 bits per heavy atom. The van der Waals surface area contributed by atoms with Crippen LogP contribution in [0.3, 0.4) is 0 Å². The fourth-order valence-corrected chi connectivity index (χ4v) is 5.22. The molecule has 0 spiro atoms. The highest BCUT2D eigenvalue weighted by molar-refractivity contribution is 5.86. The fourth-order valence-electron chi connectivity index (χ4n) is 5.22. The lowest BCUT2D eigenvalue weighted by atomic mass is 9.94. The highest BCUT2D eigenvalue weighted by Crippen LogP contribution is 2.24. The topological polar surface area (TPSA) is 95.9 Å². The van der Waals surface area contributed by atoms with E-state index in [9.17, 15) is 19.5 Å². The van der Waals surface area contributed by atoms with Gasteiger partial charge in [0.1, 0.15) is 6.10 Å². The zero-order chi connectivity index (χ0) is 32.3. The van der Waals surface area contributed by atoms with Crippen LogP contribution in [0.15, 0.2) is 116 Å². The Morgan fingerprint density at radius 2 is 1.47 bits per heavy atom. The molecule has 45 heavy (non-hydrogen) atoms. The Morgan fingerprint density at radius 3 is 2.07 bits per heavy atom. The molecule has 0 unspecified atom stereocenters. The number of unbranched alkanes of at least 4 members (excludes halogenated alkanes) is 1. The number of nitrogens with one attached hydrogen (secondary N) is 1. The lowest BCUT2D eigenvalue weighted by molar-refractivity contribution is -0.155. The molecule has 3 rings (SSSR count). The predicted octanol–water partition coefficient (Wildman–Crippen LogP) is 6.21. The van der Waals surface area contributed by atoms with Gasteiger partial charge in [0.15, 0.2) is 0 Å². The van der Waals surface area contributed by atoms with Crippen molar-refractivity contribution in [2.45, 2.75) is 51.2 Å². The monoisotopic (exact) mass is 610 g/mol. The van der Waals surface area contributed by atoms with Crippen molar-refractivity contribution >= 4 is 17.8 Å². The second-order valence-corrected chi connectivity index (χ2v) is 11.1. The van der Waals surface area contributed by atoms with Crippen LogP contribution in [-0.4, -0.2) is 47.5 Å². The standard InChI is InChI=1S/C38H46N2O5/c1-3-5-9-23-34(26-30-17-10-6-11-18-30)38(44)45-35(32-21-14-8-15-22-32)28-39-37(43)33(16-4-2)27-36(42)40(24-25-41)29-31-19-12-7-13-20-31/h3-4,6-8,10-15,17-22,33-35,41H,1-2,5,9,16,23-29H2,(H,39,43)/t33-,34+,35-/m0/s1. The van der Waals surface area contributed by atoms with Crippen LogP contribution in [0, 0.1) is 11.8 Å². The summed E-state index contributed by atoms with van der Waals surface area (Å²) in [6.07, 6.45) is 5.87. The van der Waals surface area contributed by atoms with Gasteiger partial charge in [0.25, 0.3) is 0 Å². The van der Waals surface area contributed by atoms with E-state index in [0.29, 0.717) is 25.8 Å². The quantitative estimate of drug-likeness (QED) is 0.0902. The van der Waals surface area contributed by atoms with Gasteiger partial charge in [-0.25, -0.2) is 0 Å². The van der Waals surface area contributed by atoms with Crippen LogP contribution in [0.4, 0.5) is 0 Å². The molecule has 0 heterocycles. The largest absolute Gasteiger partial charge is 0.455 e. The molecule has 0 aliphatic carbocycles. The van der Waals surface area contributed by atoms with Gasteiger partial charge in [-0.2, -0.15) is 0 Å². The van der Waals surface area contributed by atoms with Crippen LogP contribution in [0.5, 0.6) is 0 Å². The number of amides is 2. The summed E-state index contributed by atoms with van der Waals surface area (Å²) >= 11 is 0. The molecule has 0 radical (unpaired) electrons. The summed E-state index contributed by atoms with van der Waals surface area (Å²) in [5.74, 6) is -1.88. The Balaban J connectivity index is 1.70. The summed E-state index contributed by atoms with van der Waals surface area (Å²) in [5, 5.41) is 12.5. The van der Waals surface area contributed by atoms with Crippen molar-refractivity contribution in [3.63, 3.8) is 0 Å². The van der Waals surface area contributed by atoms with Gasteiger partial charge in [-0.3, -0.25) is 14.4 Å². The van der Waals surface area contributed by atoms with Crippen molar-refractivity contribution in [1.29, 1.82) is 0 Å². The van der Waals surface area contributed by atoms with E-state index in [1.807, 2.05) is 97.1 Å². The van der Waals surface area contributed by atoms with E-state index in [4.69, 9.17) is 4.74 Å². The first-order chi connectivity index (χ1) is 21.9. The van der Waals surface area contributed by atoms with Gasteiger partial charge in [0.2, 0.25) is 11.8 Å². The van der Waals surface area contributed by atoms with E-state index in [-0.39, 0.29) is 49.8 Å². The van der Waals surface area contributed by atoms with Crippen LogP contribution >= 0.6 is 0 Å². The van der Waals surface area contributed by atoms with Crippen LogP contribution in [-0.2, 0) is 32.1 Å². The molecular formula is C38H46N2O5. The zero-order valence-corrected chi connectivity index (χ0v) is 26.1. The lowest BCUT2D eigenvalue weighted by Crippen LogP contribution is -2.39. The van der Waals surface area contributed by atoms with Gasteiger partial charge in [-0.1, -0.05) is 103 Å². The number of hydrogen-bond donors (Lipinski definition) is 2. The second-order valence-electron chi connectivity index (χ2n) is 11.1. The minimum atomic E-state index is -0.704. The highest BCUT2D eigenvalue weighted by Gasteiger charge is 2.28. The number of carbonyl (C=O) groups excluding carboxylic acids is 3. The van der Waals surface area contributed by atoms with Gasteiger partial charge < -0.3 is 20.1 Å². The summed E-state index contributed by atoms with van der Waals surface area (Å²) in [5.41, 5.74) is 2.76. The van der Waals surface area contributed by atoms with Gasteiger partial charge in [-0.15, -0.1) is 13.2 Å². The maximum atomic E-state index is 13.6. The van der Waals surface area contributed by atoms with E-state index in [1.54, 1.807) is 11.0 Å². The highest BCUT2D eigenvalue weighted by atomic mass is 16.5. The van der Waals surface area contributed by atoms with E-state index < -0.39 is 12.0 Å². The first-order valence-electron chi connectivity index (χ1n) is 15.7. The van der Waals surface area contributed by atoms with Crippen LogP contribution in [0.1, 0.15) is 54.9 Å². The van der Waals surface area contributed by atoms with Crippen LogP contribution < -0.4 is 5.32 Å². The third-order valence-electron chi connectivity index (χ3n) is 7.69. The Kier molecular flexibility index (Phi) is 15.3. The summed E-state index contributed by atoms with van der Waals surface area (Å²) < 4.78 is 6.11. The van der Waals surface area contributed by atoms with Crippen molar-refractivity contribution in [2.24, 2.45) is 11.8 Å². The average molecular weight is 611 g/mol. The van der Waals surface area contributed by atoms with Crippen molar-refractivity contribution in [3.05, 3.63) is 133 Å². The molecule has 0 saturated heterocycles. The number of ether oxygens (including phenoxy) is 1.